The second kappa shape index (κ2) is 5.29. The van der Waals surface area contributed by atoms with Gasteiger partial charge in [0.15, 0.2) is 0 Å². The van der Waals surface area contributed by atoms with Crippen molar-refractivity contribution in [2.24, 2.45) is 0 Å². The van der Waals surface area contributed by atoms with Crippen molar-refractivity contribution in [1.29, 1.82) is 0 Å². The molecule has 0 radical (unpaired) electrons. The molecule has 104 valence electrons. The molecule has 1 aliphatic rings. The van der Waals surface area contributed by atoms with Gasteiger partial charge in [-0.2, -0.15) is 0 Å². The van der Waals surface area contributed by atoms with Gasteiger partial charge in [0.2, 0.25) is 0 Å². The highest BCUT2D eigenvalue weighted by Gasteiger charge is 2.23. The summed E-state index contributed by atoms with van der Waals surface area (Å²) in [6, 6.07) is 14.7. The number of aromatic hydroxyl groups is 1. The molecule has 1 aliphatic heterocycles. The van der Waals surface area contributed by atoms with E-state index in [2.05, 4.69) is 48.3 Å². The van der Waals surface area contributed by atoms with Gasteiger partial charge in [-0.3, -0.25) is 0 Å². The molecule has 0 saturated heterocycles. The largest absolute Gasteiger partial charge is 0.508 e. The summed E-state index contributed by atoms with van der Waals surface area (Å²) in [5.74, 6) is 0.749. The van der Waals surface area contributed by atoms with Crippen LogP contribution in [0.5, 0.6) is 5.75 Å². The summed E-state index contributed by atoms with van der Waals surface area (Å²) >= 11 is 0. The first-order chi connectivity index (χ1) is 9.65. The van der Waals surface area contributed by atoms with Gasteiger partial charge in [-0.15, -0.1) is 0 Å². The Labute approximate surface area is 120 Å². The number of benzene rings is 2. The number of fused-ring (bicyclic) bond motifs is 1. The quantitative estimate of drug-likeness (QED) is 0.856. The Morgan fingerprint density at radius 3 is 2.65 bits per heavy atom. The third-order valence-electron chi connectivity index (χ3n) is 4.29. The molecule has 0 amide bonds. The van der Waals surface area contributed by atoms with Crippen LogP contribution in [0.4, 0.5) is 0 Å². The minimum absolute atomic E-state index is 0.338. The van der Waals surface area contributed by atoms with E-state index in [-0.39, 0.29) is 0 Å². The predicted octanol–water partition coefficient (Wildman–Crippen LogP) is 3.32. The first-order valence-corrected chi connectivity index (χ1v) is 7.21. The minimum Gasteiger partial charge on any atom is -0.508 e. The highest BCUT2D eigenvalue weighted by Crippen LogP contribution is 2.34. The number of likely N-dealkylation sites (N-methyl/N-ethyl adjacent to an activating group) is 1. The molecule has 2 aromatic carbocycles. The number of phenols is 1. The van der Waals surface area contributed by atoms with Gasteiger partial charge < -0.3 is 10.0 Å². The number of hydrogen-bond acceptors (Lipinski definition) is 2. The molecule has 3 rings (SSSR count). The Bertz CT molecular complexity index is 606. The third kappa shape index (κ3) is 2.44. The van der Waals surface area contributed by atoms with Crippen molar-refractivity contribution in [3.8, 4) is 5.75 Å². The van der Waals surface area contributed by atoms with E-state index in [4.69, 9.17) is 0 Å². The number of rotatable bonds is 1. The lowest BCUT2D eigenvalue weighted by molar-refractivity contribution is 0.338. The molecule has 0 fully saturated rings. The third-order valence-corrected chi connectivity index (χ3v) is 4.29. The fraction of sp³-hybridized carbons (Fsp3) is 0.333. The highest BCUT2D eigenvalue weighted by molar-refractivity contribution is 5.47. The van der Waals surface area contributed by atoms with Crippen molar-refractivity contribution in [3.63, 3.8) is 0 Å². The molecule has 2 nitrogen and oxygen atoms in total. The van der Waals surface area contributed by atoms with E-state index in [1.54, 1.807) is 0 Å². The Balaban J connectivity index is 2.12. The zero-order valence-electron chi connectivity index (χ0n) is 12.1. The molecule has 0 aromatic heterocycles. The van der Waals surface area contributed by atoms with E-state index in [1.165, 1.54) is 16.7 Å². The van der Waals surface area contributed by atoms with E-state index in [9.17, 15) is 5.11 Å². The van der Waals surface area contributed by atoms with Gasteiger partial charge in [0.25, 0.3) is 0 Å². The first-order valence-electron chi connectivity index (χ1n) is 7.21. The lowest BCUT2D eigenvalue weighted by Gasteiger charge is -2.22. The fourth-order valence-corrected chi connectivity index (χ4v) is 3.10. The van der Waals surface area contributed by atoms with Gasteiger partial charge in [0.1, 0.15) is 5.75 Å². The molecular formula is C18H21NO. The van der Waals surface area contributed by atoms with E-state index in [0.29, 0.717) is 11.7 Å². The molecule has 1 heterocycles. The number of nitrogens with zero attached hydrogens (tertiary/aromatic N) is 1. The van der Waals surface area contributed by atoms with Crippen LogP contribution in [0, 0.1) is 6.92 Å². The molecule has 20 heavy (non-hydrogen) atoms. The molecule has 0 unspecified atom stereocenters. The zero-order chi connectivity index (χ0) is 14.1. The molecule has 0 bridgehead atoms. The van der Waals surface area contributed by atoms with Crippen molar-refractivity contribution >= 4 is 0 Å². The van der Waals surface area contributed by atoms with Crippen LogP contribution in [0.25, 0.3) is 0 Å². The van der Waals surface area contributed by atoms with Crippen molar-refractivity contribution in [3.05, 3.63) is 64.7 Å². The van der Waals surface area contributed by atoms with E-state index < -0.39 is 0 Å². The fourth-order valence-electron chi connectivity index (χ4n) is 3.10. The summed E-state index contributed by atoms with van der Waals surface area (Å²) in [4.78, 5) is 2.38. The van der Waals surface area contributed by atoms with E-state index in [0.717, 1.165) is 25.1 Å². The molecular weight excluding hydrogens is 246 g/mol. The molecule has 1 N–H and O–H groups in total. The van der Waals surface area contributed by atoms with Crippen LogP contribution in [-0.2, 0) is 6.42 Å². The first kappa shape index (κ1) is 13.2. The summed E-state index contributed by atoms with van der Waals surface area (Å²) in [6.45, 7) is 4.04. The van der Waals surface area contributed by atoms with E-state index >= 15 is 0 Å². The van der Waals surface area contributed by atoms with Gasteiger partial charge in [0.05, 0.1) is 0 Å². The van der Waals surface area contributed by atoms with Crippen LogP contribution in [0.15, 0.2) is 42.5 Å². The van der Waals surface area contributed by atoms with Crippen LogP contribution in [0.3, 0.4) is 0 Å². The topological polar surface area (TPSA) is 23.5 Å². The second-order valence-corrected chi connectivity index (χ2v) is 5.81. The molecule has 0 spiro atoms. The Morgan fingerprint density at radius 1 is 1.15 bits per heavy atom. The summed E-state index contributed by atoms with van der Waals surface area (Å²) in [5, 5.41) is 10.1. The summed E-state index contributed by atoms with van der Waals surface area (Å²) in [7, 11) is 2.18. The van der Waals surface area contributed by atoms with Crippen LogP contribution in [0.1, 0.15) is 28.2 Å². The summed E-state index contributed by atoms with van der Waals surface area (Å²) < 4.78 is 0. The normalized spacial score (nSPS) is 19.4. The van der Waals surface area contributed by atoms with Gasteiger partial charge in [-0.1, -0.05) is 36.4 Å². The molecule has 0 saturated carbocycles. The van der Waals surface area contributed by atoms with Gasteiger partial charge in [-0.05, 0) is 48.7 Å². The smallest absolute Gasteiger partial charge is 0.118 e. The van der Waals surface area contributed by atoms with Crippen molar-refractivity contribution < 1.29 is 5.11 Å². The van der Waals surface area contributed by atoms with Gasteiger partial charge in [0, 0.05) is 19.0 Å². The van der Waals surface area contributed by atoms with Gasteiger partial charge >= 0.3 is 0 Å². The van der Waals surface area contributed by atoms with Crippen molar-refractivity contribution in [1.82, 2.24) is 4.90 Å². The molecule has 1 atom stereocenters. The average molecular weight is 267 g/mol. The maximum absolute atomic E-state index is 10.1. The van der Waals surface area contributed by atoms with Crippen LogP contribution in [0.2, 0.25) is 0 Å². The zero-order valence-corrected chi connectivity index (χ0v) is 12.1. The lowest BCUT2D eigenvalue weighted by atomic mass is 9.87. The Hall–Kier alpha value is -1.80. The number of hydrogen-bond donors (Lipinski definition) is 1. The predicted molar refractivity (Wildman–Crippen MR) is 82.3 cm³/mol. The van der Waals surface area contributed by atoms with E-state index in [1.807, 2.05) is 13.0 Å². The molecule has 2 heteroatoms. The van der Waals surface area contributed by atoms with Crippen molar-refractivity contribution in [2.75, 3.05) is 20.1 Å². The van der Waals surface area contributed by atoms with Gasteiger partial charge in [-0.25, -0.2) is 0 Å². The number of phenolic OH excluding ortho intramolecular Hbond substituents is 1. The summed E-state index contributed by atoms with van der Waals surface area (Å²) in [5.41, 5.74) is 4.95. The maximum Gasteiger partial charge on any atom is 0.118 e. The monoisotopic (exact) mass is 267 g/mol. The second-order valence-electron chi connectivity index (χ2n) is 5.81. The minimum atomic E-state index is 0.338. The standard InChI is InChI=1S/C18H21NO/c1-13-10-15-8-9-19(2)12-17(16(15)11-18(13)20)14-6-4-3-5-7-14/h3-7,10-11,17,20H,8-9,12H2,1-2H3/t17-/m1/s1. The average Bonchev–Trinajstić information content (AvgIpc) is 2.61. The summed E-state index contributed by atoms with van der Waals surface area (Å²) in [6.07, 6.45) is 1.05. The van der Waals surface area contributed by atoms with Crippen molar-refractivity contribution in [2.45, 2.75) is 19.3 Å². The van der Waals surface area contributed by atoms with Crippen LogP contribution in [-0.4, -0.2) is 30.1 Å². The Morgan fingerprint density at radius 2 is 1.90 bits per heavy atom. The lowest BCUT2D eigenvalue weighted by Crippen LogP contribution is -2.24. The van der Waals surface area contributed by atoms with Crippen LogP contribution >= 0.6 is 0 Å². The molecule has 2 aromatic rings. The van der Waals surface area contributed by atoms with Crippen LogP contribution < -0.4 is 0 Å². The maximum atomic E-state index is 10.1. The SMILES string of the molecule is Cc1cc2c(cc1O)[C@@H](c1ccccc1)CN(C)CC2. The highest BCUT2D eigenvalue weighted by atomic mass is 16.3. The number of aryl methyl sites for hydroxylation is 1. The molecule has 0 aliphatic carbocycles. The Kier molecular flexibility index (Phi) is 3.49.